The van der Waals surface area contributed by atoms with Gasteiger partial charge in [-0.15, -0.1) is 0 Å². The van der Waals surface area contributed by atoms with E-state index < -0.39 is 18.5 Å². The summed E-state index contributed by atoms with van der Waals surface area (Å²) in [5, 5.41) is 6.69. The van der Waals surface area contributed by atoms with Gasteiger partial charge in [-0.2, -0.15) is 4.98 Å². The first-order chi connectivity index (χ1) is 16.7. The maximum absolute atomic E-state index is 13.5. The normalized spacial score (nSPS) is 13.9. The van der Waals surface area contributed by atoms with Crippen LogP contribution in [0.1, 0.15) is 37.6 Å². The van der Waals surface area contributed by atoms with E-state index in [0.717, 1.165) is 35.6 Å². The first kappa shape index (κ1) is 23.1. The summed E-state index contributed by atoms with van der Waals surface area (Å²) in [6.45, 7) is 7.00. The number of pyridine rings is 1. The van der Waals surface area contributed by atoms with Crippen molar-refractivity contribution in [3.63, 3.8) is 0 Å². The molecule has 5 rings (SSSR count). The third-order valence-corrected chi connectivity index (χ3v) is 6.06. The molecule has 182 valence electrons. The Morgan fingerprint density at radius 3 is 2.74 bits per heavy atom. The highest BCUT2D eigenvalue weighted by molar-refractivity contribution is 5.77. The lowest BCUT2D eigenvalue weighted by Crippen LogP contribution is -2.26. The Morgan fingerprint density at radius 1 is 1.14 bits per heavy atom. The zero-order valence-corrected chi connectivity index (χ0v) is 19.8. The lowest BCUT2D eigenvalue weighted by molar-refractivity contribution is 0.118. The van der Waals surface area contributed by atoms with Crippen molar-refractivity contribution < 1.29 is 8.78 Å². The van der Waals surface area contributed by atoms with Crippen LogP contribution in [0.3, 0.4) is 0 Å². The second kappa shape index (κ2) is 8.84. The van der Waals surface area contributed by atoms with Crippen molar-refractivity contribution in [2.45, 2.75) is 52.1 Å². The quantitative estimate of drug-likeness (QED) is 0.451. The third kappa shape index (κ3) is 4.53. The molecule has 0 saturated carbocycles. The molecular formula is C25H27F2N7O. The Kier molecular flexibility index (Phi) is 5.84. The predicted molar refractivity (Wildman–Crippen MR) is 131 cm³/mol. The first-order valence-electron chi connectivity index (χ1n) is 11.5. The fraction of sp³-hybridized carbons (Fsp3) is 0.360. The molecule has 0 radical (unpaired) electrons. The van der Waals surface area contributed by atoms with Gasteiger partial charge in [0.1, 0.15) is 11.9 Å². The highest BCUT2D eigenvalue weighted by Gasteiger charge is 2.23. The van der Waals surface area contributed by atoms with Crippen LogP contribution in [0.4, 0.5) is 20.4 Å². The molecule has 4 heterocycles. The number of hydrogen-bond acceptors (Lipinski definition) is 6. The summed E-state index contributed by atoms with van der Waals surface area (Å²) in [6.07, 6.45) is -0.377. The average Bonchev–Trinajstić information content (AvgIpc) is 3.09. The molecule has 1 aromatic carbocycles. The van der Waals surface area contributed by atoms with Crippen LogP contribution >= 0.6 is 0 Å². The van der Waals surface area contributed by atoms with Gasteiger partial charge in [-0.1, -0.05) is 32.9 Å². The van der Waals surface area contributed by atoms with Gasteiger partial charge in [0, 0.05) is 29.5 Å². The van der Waals surface area contributed by atoms with Crippen LogP contribution in [0, 0.1) is 0 Å². The Balaban J connectivity index is 1.62. The van der Waals surface area contributed by atoms with Gasteiger partial charge in [0.05, 0.1) is 0 Å². The summed E-state index contributed by atoms with van der Waals surface area (Å²) in [5.41, 5.74) is 3.43. The summed E-state index contributed by atoms with van der Waals surface area (Å²) in [5.74, 6) is 0.603. The van der Waals surface area contributed by atoms with E-state index in [0.29, 0.717) is 5.82 Å². The molecule has 8 nitrogen and oxygen atoms in total. The van der Waals surface area contributed by atoms with E-state index in [-0.39, 0.29) is 22.4 Å². The van der Waals surface area contributed by atoms with E-state index in [9.17, 15) is 13.6 Å². The van der Waals surface area contributed by atoms with Crippen molar-refractivity contribution in [1.82, 2.24) is 29.6 Å². The van der Waals surface area contributed by atoms with E-state index in [2.05, 4.69) is 31.7 Å². The molecule has 3 aromatic heterocycles. The molecule has 35 heavy (non-hydrogen) atoms. The molecule has 1 aliphatic rings. The molecule has 1 aliphatic heterocycles. The number of alkyl halides is 2. The third-order valence-electron chi connectivity index (χ3n) is 6.06. The van der Waals surface area contributed by atoms with Crippen molar-refractivity contribution >= 4 is 22.7 Å². The fourth-order valence-electron chi connectivity index (χ4n) is 4.26. The minimum atomic E-state index is -2.73. The molecule has 2 N–H and O–H groups in total. The van der Waals surface area contributed by atoms with Gasteiger partial charge in [-0.3, -0.25) is 4.79 Å². The number of aromatic nitrogens is 5. The lowest BCUT2D eigenvalue weighted by atomic mass is 9.92. The van der Waals surface area contributed by atoms with Crippen LogP contribution in [0.25, 0.3) is 16.9 Å². The summed E-state index contributed by atoms with van der Waals surface area (Å²) in [6, 6.07) is 11.4. The molecule has 0 atom stereocenters. The van der Waals surface area contributed by atoms with E-state index in [1.165, 1.54) is 22.0 Å². The number of nitrogens with zero attached hydrogens (tertiary/aromatic N) is 5. The molecule has 0 fully saturated rings. The summed E-state index contributed by atoms with van der Waals surface area (Å²) >= 11 is 0. The molecule has 0 unspecified atom stereocenters. The van der Waals surface area contributed by atoms with Gasteiger partial charge in [0.2, 0.25) is 5.95 Å². The maximum Gasteiger partial charge on any atom is 0.278 e. The summed E-state index contributed by atoms with van der Waals surface area (Å²) < 4.78 is 29.2. The summed E-state index contributed by atoms with van der Waals surface area (Å²) in [7, 11) is 0. The second-order valence-electron chi connectivity index (χ2n) is 9.69. The molecule has 10 heteroatoms. The van der Waals surface area contributed by atoms with Gasteiger partial charge < -0.3 is 10.6 Å². The standard InChI is InChI=1S/C25H27F2N7O/c1-25(2,3)19-5-4-6-21(31-19)34-22-18(23(35)33(34)14-20(26)27)13-29-24(32-22)30-17-8-7-15-9-10-28-12-16(15)11-17/h4-8,11,13,20,28H,9-10,12,14H2,1-3H3,(H,29,30,32). The van der Waals surface area contributed by atoms with Crippen molar-refractivity contribution in [2.24, 2.45) is 0 Å². The Hall–Kier alpha value is -3.66. The van der Waals surface area contributed by atoms with Crippen LogP contribution in [0.15, 0.2) is 47.4 Å². The van der Waals surface area contributed by atoms with Gasteiger partial charge in [0.15, 0.2) is 11.5 Å². The van der Waals surface area contributed by atoms with Crippen molar-refractivity contribution in [3.05, 3.63) is 69.8 Å². The molecule has 0 spiro atoms. The number of rotatable bonds is 5. The first-order valence-corrected chi connectivity index (χ1v) is 11.5. The zero-order valence-electron chi connectivity index (χ0n) is 19.8. The minimum Gasteiger partial charge on any atom is -0.324 e. The van der Waals surface area contributed by atoms with Crippen molar-refractivity contribution in [3.8, 4) is 5.82 Å². The van der Waals surface area contributed by atoms with E-state index in [1.54, 1.807) is 12.1 Å². The Morgan fingerprint density at radius 2 is 1.97 bits per heavy atom. The predicted octanol–water partition coefficient (Wildman–Crippen LogP) is 3.93. The highest BCUT2D eigenvalue weighted by atomic mass is 19.3. The van der Waals surface area contributed by atoms with Gasteiger partial charge in [-0.05, 0) is 48.4 Å². The topological polar surface area (TPSA) is 89.7 Å². The largest absolute Gasteiger partial charge is 0.324 e. The molecule has 0 aliphatic carbocycles. The average molecular weight is 480 g/mol. The zero-order chi connectivity index (χ0) is 24.7. The van der Waals surface area contributed by atoms with Crippen LogP contribution in [0.2, 0.25) is 0 Å². The summed E-state index contributed by atoms with van der Waals surface area (Å²) in [4.78, 5) is 26.6. The number of fused-ring (bicyclic) bond motifs is 2. The monoisotopic (exact) mass is 479 g/mol. The number of hydrogen-bond donors (Lipinski definition) is 2. The van der Waals surface area contributed by atoms with E-state index in [4.69, 9.17) is 0 Å². The van der Waals surface area contributed by atoms with Gasteiger partial charge in [-0.25, -0.2) is 28.1 Å². The molecule has 0 saturated heterocycles. The van der Waals surface area contributed by atoms with E-state index >= 15 is 0 Å². The van der Waals surface area contributed by atoms with Gasteiger partial charge in [0.25, 0.3) is 12.0 Å². The number of benzene rings is 1. The number of nitrogens with one attached hydrogen (secondary N) is 2. The highest BCUT2D eigenvalue weighted by Crippen LogP contribution is 2.24. The lowest BCUT2D eigenvalue weighted by Gasteiger charge is -2.19. The Bertz CT molecular complexity index is 1450. The van der Waals surface area contributed by atoms with Crippen LogP contribution in [-0.2, 0) is 24.9 Å². The maximum atomic E-state index is 13.5. The van der Waals surface area contributed by atoms with Crippen LogP contribution in [0.5, 0.6) is 0 Å². The molecule has 0 bridgehead atoms. The number of anilines is 2. The van der Waals surface area contributed by atoms with Crippen LogP contribution < -0.4 is 16.2 Å². The van der Waals surface area contributed by atoms with Crippen molar-refractivity contribution in [2.75, 3.05) is 11.9 Å². The van der Waals surface area contributed by atoms with Gasteiger partial charge >= 0.3 is 0 Å². The van der Waals surface area contributed by atoms with E-state index in [1.807, 2.05) is 39.0 Å². The van der Waals surface area contributed by atoms with Crippen LogP contribution in [-0.4, -0.2) is 37.3 Å². The molecule has 4 aromatic rings. The number of halogens is 2. The minimum absolute atomic E-state index is 0.147. The molecule has 0 amide bonds. The van der Waals surface area contributed by atoms with Crippen molar-refractivity contribution in [1.29, 1.82) is 0 Å². The smallest absolute Gasteiger partial charge is 0.278 e. The SMILES string of the molecule is CC(C)(C)c1cccc(-n2c3nc(Nc4ccc5c(c4)CNCC5)ncc3c(=O)n2CC(F)F)n1. The Labute approximate surface area is 201 Å². The fourth-order valence-corrected chi connectivity index (χ4v) is 4.26. The molecular weight excluding hydrogens is 452 g/mol. The second-order valence-corrected chi connectivity index (χ2v) is 9.69.